The number of hydrogen-bond acceptors (Lipinski definition) is 4. The summed E-state index contributed by atoms with van der Waals surface area (Å²) in [6.45, 7) is 4.04. The molecule has 2 aromatic heterocycles. The van der Waals surface area contributed by atoms with Gasteiger partial charge in [0, 0.05) is 11.6 Å². The summed E-state index contributed by atoms with van der Waals surface area (Å²) in [4.78, 5) is 8.36. The van der Waals surface area contributed by atoms with Crippen molar-refractivity contribution in [3.8, 4) is 0 Å². The van der Waals surface area contributed by atoms with E-state index < -0.39 is 0 Å². The van der Waals surface area contributed by atoms with Gasteiger partial charge >= 0.3 is 0 Å². The van der Waals surface area contributed by atoms with Gasteiger partial charge < -0.3 is 5.32 Å². The van der Waals surface area contributed by atoms with Crippen LogP contribution in [0.25, 0.3) is 0 Å². The first-order valence-corrected chi connectivity index (χ1v) is 6.25. The Morgan fingerprint density at radius 2 is 2.25 bits per heavy atom. The summed E-state index contributed by atoms with van der Waals surface area (Å²) in [5, 5.41) is 5.82. The van der Waals surface area contributed by atoms with Gasteiger partial charge in [0.15, 0.2) is 5.15 Å². The first-order chi connectivity index (χ1) is 7.66. The van der Waals surface area contributed by atoms with Crippen LogP contribution in [-0.4, -0.2) is 9.97 Å². The van der Waals surface area contributed by atoms with Crippen molar-refractivity contribution in [1.29, 1.82) is 0 Å². The van der Waals surface area contributed by atoms with Crippen LogP contribution in [0.15, 0.2) is 23.2 Å². The van der Waals surface area contributed by atoms with Crippen LogP contribution >= 0.6 is 22.9 Å². The molecule has 0 fully saturated rings. The molecule has 0 aliphatic rings. The molecule has 0 amide bonds. The van der Waals surface area contributed by atoms with Crippen molar-refractivity contribution in [2.24, 2.45) is 0 Å². The molecule has 16 heavy (non-hydrogen) atoms. The Kier molecular flexibility index (Phi) is 3.41. The fraction of sp³-hybridized carbons (Fsp3) is 0.273. The number of thiazole rings is 1. The molecular formula is C11H12ClN3S. The molecule has 0 radical (unpaired) electrons. The van der Waals surface area contributed by atoms with Crippen LogP contribution in [0.4, 0.5) is 5.69 Å². The quantitative estimate of drug-likeness (QED) is 0.848. The predicted molar refractivity (Wildman–Crippen MR) is 68.1 cm³/mol. The second kappa shape index (κ2) is 4.80. The SMILES string of the molecule is Cc1cnc(Cl)c(NC(C)c2cscn2)c1. The van der Waals surface area contributed by atoms with Crippen molar-refractivity contribution >= 4 is 28.6 Å². The molecule has 1 N–H and O–H groups in total. The number of rotatable bonds is 3. The summed E-state index contributed by atoms with van der Waals surface area (Å²) in [7, 11) is 0. The number of nitrogens with zero attached hydrogens (tertiary/aromatic N) is 2. The molecule has 2 rings (SSSR count). The summed E-state index contributed by atoms with van der Waals surface area (Å²) in [6, 6.07) is 2.12. The van der Waals surface area contributed by atoms with Gasteiger partial charge in [-0.15, -0.1) is 11.3 Å². The lowest BCUT2D eigenvalue weighted by Gasteiger charge is -2.14. The fourth-order valence-electron chi connectivity index (χ4n) is 1.40. The predicted octanol–water partition coefficient (Wildman–Crippen LogP) is 3.67. The van der Waals surface area contributed by atoms with Crippen molar-refractivity contribution in [2.45, 2.75) is 19.9 Å². The van der Waals surface area contributed by atoms with Crippen molar-refractivity contribution in [3.05, 3.63) is 39.6 Å². The minimum atomic E-state index is 0.132. The highest BCUT2D eigenvalue weighted by Crippen LogP contribution is 2.25. The molecule has 0 bridgehead atoms. The Balaban J connectivity index is 2.17. The normalized spacial score (nSPS) is 12.4. The maximum Gasteiger partial charge on any atom is 0.152 e. The van der Waals surface area contributed by atoms with Crippen LogP contribution in [0.5, 0.6) is 0 Å². The molecule has 5 heteroatoms. The van der Waals surface area contributed by atoms with Crippen molar-refractivity contribution < 1.29 is 0 Å². The molecule has 1 unspecified atom stereocenters. The third-order valence-corrected chi connectivity index (χ3v) is 3.15. The molecule has 84 valence electrons. The molecule has 0 aliphatic heterocycles. The van der Waals surface area contributed by atoms with Crippen LogP contribution in [0.3, 0.4) is 0 Å². The van der Waals surface area contributed by atoms with Gasteiger partial charge in [-0.1, -0.05) is 11.6 Å². The summed E-state index contributed by atoms with van der Waals surface area (Å²) < 4.78 is 0. The molecule has 3 nitrogen and oxygen atoms in total. The standard InChI is InChI=1S/C11H12ClN3S/c1-7-3-9(11(12)13-4-7)15-8(2)10-5-16-6-14-10/h3-6,8,15H,1-2H3. The summed E-state index contributed by atoms with van der Waals surface area (Å²) in [5.41, 5.74) is 4.77. The maximum absolute atomic E-state index is 6.01. The van der Waals surface area contributed by atoms with E-state index in [9.17, 15) is 0 Å². The van der Waals surface area contributed by atoms with Crippen LogP contribution in [0.1, 0.15) is 24.2 Å². The number of aryl methyl sites for hydroxylation is 1. The van der Waals surface area contributed by atoms with Crippen molar-refractivity contribution in [1.82, 2.24) is 9.97 Å². The Hall–Kier alpha value is -1.13. The third kappa shape index (κ3) is 2.51. The molecule has 1 atom stereocenters. The number of halogens is 1. The number of nitrogens with one attached hydrogen (secondary N) is 1. The van der Waals surface area contributed by atoms with E-state index in [0.29, 0.717) is 5.15 Å². The van der Waals surface area contributed by atoms with Gasteiger partial charge in [0.25, 0.3) is 0 Å². The number of aromatic nitrogens is 2. The van der Waals surface area contributed by atoms with Crippen LogP contribution in [-0.2, 0) is 0 Å². The van der Waals surface area contributed by atoms with E-state index >= 15 is 0 Å². The number of pyridine rings is 1. The topological polar surface area (TPSA) is 37.8 Å². The van der Waals surface area contributed by atoms with E-state index in [1.807, 2.05) is 30.8 Å². The minimum absolute atomic E-state index is 0.132. The zero-order valence-electron chi connectivity index (χ0n) is 9.07. The molecular weight excluding hydrogens is 242 g/mol. The van der Waals surface area contributed by atoms with Gasteiger partial charge in [-0.05, 0) is 25.5 Å². The molecule has 2 aromatic rings. The van der Waals surface area contributed by atoms with Crippen LogP contribution in [0.2, 0.25) is 5.15 Å². The first-order valence-electron chi connectivity index (χ1n) is 4.93. The van der Waals surface area contributed by atoms with Gasteiger partial charge in [0.05, 0.1) is 22.9 Å². The highest BCUT2D eigenvalue weighted by atomic mass is 35.5. The van der Waals surface area contributed by atoms with Gasteiger partial charge in [-0.2, -0.15) is 0 Å². The lowest BCUT2D eigenvalue weighted by molar-refractivity contribution is 0.848. The van der Waals surface area contributed by atoms with Crippen LogP contribution < -0.4 is 5.32 Å². The number of hydrogen-bond donors (Lipinski definition) is 1. The average Bonchev–Trinajstić information content (AvgIpc) is 2.76. The van der Waals surface area contributed by atoms with Gasteiger partial charge in [0.2, 0.25) is 0 Å². The zero-order chi connectivity index (χ0) is 11.5. The van der Waals surface area contributed by atoms with Gasteiger partial charge in [-0.3, -0.25) is 0 Å². The summed E-state index contributed by atoms with van der Waals surface area (Å²) in [5.74, 6) is 0. The monoisotopic (exact) mass is 253 g/mol. The van der Waals surface area contributed by atoms with E-state index in [1.54, 1.807) is 17.5 Å². The first kappa shape index (κ1) is 11.4. The van der Waals surface area contributed by atoms with Crippen LogP contribution in [0, 0.1) is 6.92 Å². The molecule has 0 aromatic carbocycles. The highest BCUT2D eigenvalue weighted by molar-refractivity contribution is 7.07. The van der Waals surface area contributed by atoms with E-state index in [0.717, 1.165) is 16.9 Å². The van der Waals surface area contributed by atoms with Gasteiger partial charge in [0.1, 0.15) is 0 Å². The average molecular weight is 254 g/mol. The highest BCUT2D eigenvalue weighted by Gasteiger charge is 2.09. The summed E-state index contributed by atoms with van der Waals surface area (Å²) >= 11 is 7.60. The van der Waals surface area contributed by atoms with E-state index in [-0.39, 0.29) is 6.04 Å². The lowest BCUT2D eigenvalue weighted by Crippen LogP contribution is -2.07. The zero-order valence-corrected chi connectivity index (χ0v) is 10.6. The summed E-state index contributed by atoms with van der Waals surface area (Å²) in [6.07, 6.45) is 1.75. The number of anilines is 1. The Morgan fingerprint density at radius 1 is 1.44 bits per heavy atom. The Bertz CT molecular complexity index is 470. The molecule has 0 saturated heterocycles. The molecule has 0 aliphatic carbocycles. The smallest absolute Gasteiger partial charge is 0.152 e. The van der Waals surface area contributed by atoms with E-state index in [1.165, 1.54) is 0 Å². The lowest BCUT2D eigenvalue weighted by atomic mass is 10.2. The maximum atomic E-state index is 6.01. The minimum Gasteiger partial charge on any atom is -0.374 e. The molecule has 0 saturated carbocycles. The van der Waals surface area contributed by atoms with Crippen molar-refractivity contribution in [2.75, 3.05) is 5.32 Å². The van der Waals surface area contributed by atoms with Gasteiger partial charge in [-0.25, -0.2) is 9.97 Å². The third-order valence-electron chi connectivity index (χ3n) is 2.24. The molecule has 2 heterocycles. The second-order valence-electron chi connectivity index (χ2n) is 3.63. The second-order valence-corrected chi connectivity index (χ2v) is 4.71. The van der Waals surface area contributed by atoms with E-state index in [4.69, 9.17) is 11.6 Å². The Labute approximate surface area is 104 Å². The fourth-order valence-corrected chi connectivity index (χ4v) is 2.20. The van der Waals surface area contributed by atoms with E-state index in [2.05, 4.69) is 15.3 Å². The Morgan fingerprint density at radius 3 is 2.94 bits per heavy atom. The largest absolute Gasteiger partial charge is 0.374 e. The molecule has 0 spiro atoms. The van der Waals surface area contributed by atoms with Crippen molar-refractivity contribution in [3.63, 3.8) is 0 Å².